The number of esters is 1. The maximum atomic E-state index is 12.4. The van der Waals surface area contributed by atoms with Crippen molar-refractivity contribution < 1.29 is 14.3 Å². The van der Waals surface area contributed by atoms with Crippen molar-refractivity contribution in [2.45, 2.75) is 27.7 Å². The molecule has 1 saturated carbocycles. The number of allylic oxidation sites excluding steroid dienone is 2. The molecule has 2 rings (SSSR count). The Morgan fingerprint density at radius 3 is 2.55 bits per heavy atom. The Labute approximate surface area is 131 Å². The van der Waals surface area contributed by atoms with Gasteiger partial charge in [0.1, 0.15) is 0 Å². The van der Waals surface area contributed by atoms with E-state index in [0.29, 0.717) is 17.1 Å². The summed E-state index contributed by atoms with van der Waals surface area (Å²) in [6.45, 7) is 8.19. The van der Waals surface area contributed by atoms with E-state index in [1.807, 2.05) is 19.9 Å². The molecule has 0 amide bonds. The predicted molar refractivity (Wildman–Crippen MR) is 83.5 cm³/mol. The Hall–Kier alpha value is -2.28. The lowest BCUT2D eigenvalue weighted by molar-refractivity contribution is -0.136. The van der Waals surface area contributed by atoms with E-state index in [4.69, 9.17) is 14.7 Å². The minimum Gasteiger partial charge on any atom is -0.493 e. The van der Waals surface area contributed by atoms with Gasteiger partial charge in [-0.2, -0.15) is 5.26 Å². The van der Waals surface area contributed by atoms with E-state index in [0.717, 1.165) is 0 Å². The zero-order valence-electron chi connectivity index (χ0n) is 13.6. The minimum absolute atomic E-state index is 0.0891. The van der Waals surface area contributed by atoms with Crippen LogP contribution in [0.4, 0.5) is 0 Å². The van der Waals surface area contributed by atoms with Crippen LogP contribution in [0.2, 0.25) is 0 Å². The summed E-state index contributed by atoms with van der Waals surface area (Å²) in [5.74, 6) is 0.544. The number of nitriles is 1. The number of hydrogen-bond acceptors (Lipinski definition) is 4. The Morgan fingerprint density at radius 2 is 2.00 bits per heavy atom. The molecule has 1 aromatic carbocycles. The van der Waals surface area contributed by atoms with Gasteiger partial charge in [-0.3, -0.25) is 4.79 Å². The highest BCUT2D eigenvalue weighted by Crippen LogP contribution is 2.59. The van der Waals surface area contributed by atoms with Crippen LogP contribution < -0.4 is 9.47 Å². The Bertz CT molecular complexity index is 663. The van der Waals surface area contributed by atoms with Gasteiger partial charge in [-0.15, -0.1) is 0 Å². The van der Waals surface area contributed by atoms with Crippen LogP contribution in [-0.2, 0) is 4.79 Å². The number of carbonyl (C=O) groups is 1. The van der Waals surface area contributed by atoms with E-state index < -0.39 is 0 Å². The number of methoxy groups -OCH3 is 1. The van der Waals surface area contributed by atoms with Crippen molar-refractivity contribution in [3.63, 3.8) is 0 Å². The van der Waals surface area contributed by atoms with Crippen LogP contribution in [0.1, 0.15) is 33.3 Å². The summed E-state index contributed by atoms with van der Waals surface area (Å²) in [5, 5.41) is 8.90. The van der Waals surface area contributed by atoms with Crippen LogP contribution in [0, 0.1) is 28.6 Å². The highest BCUT2D eigenvalue weighted by Gasteiger charge is 2.61. The SMILES string of the molecule is COc1cc(C#N)ccc1OC(=O)C1C(C=C(C)C)C1(C)C. The van der Waals surface area contributed by atoms with Crippen LogP contribution >= 0.6 is 0 Å². The van der Waals surface area contributed by atoms with Crippen molar-refractivity contribution in [2.75, 3.05) is 7.11 Å². The van der Waals surface area contributed by atoms with E-state index in [1.54, 1.807) is 18.2 Å². The predicted octanol–water partition coefficient (Wildman–Crippen LogP) is 3.71. The van der Waals surface area contributed by atoms with Gasteiger partial charge in [0.2, 0.25) is 0 Å². The van der Waals surface area contributed by atoms with Crippen molar-refractivity contribution in [3.8, 4) is 17.6 Å². The van der Waals surface area contributed by atoms with Gasteiger partial charge in [0, 0.05) is 6.07 Å². The van der Waals surface area contributed by atoms with E-state index in [1.165, 1.54) is 12.7 Å². The molecule has 116 valence electrons. The molecule has 2 atom stereocenters. The molecule has 22 heavy (non-hydrogen) atoms. The summed E-state index contributed by atoms with van der Waals surface area (Å²) in [7, 11) is 1.49. The Balaban J connectivity index is 2.17. The molecule has 4 heteroatoms. The molecule has 0 radical (unpaired) electrons. The third-order valence-electron chi connectivity index (χ3n) is 4.18. The Kier molecular flexibility index (Phi) is 4.27. The van der Waals surface area contributed by atoms with Gasteiger partial charge >= 0.3 is 5.97 Å². The zero-order chi connectivity index (χ0) is 16.5. The van der Waals surface area contributed by atoms with Crippen LogP contribution in [0.5, 0.6) is 11.5 Å². The van der Waals surface area contributed by atoms with Crippen molar-refractivity contribution in [3.05, 3.63) is 35.4 Å². The fourth-order valence-corrected chi connectivity index (χ4v) is 2.79. The molecule has 1 fully saturated rings. The number of nitrogens with zero attached hydrogens (tertiary/aromatic N) is 1. The first-order valence-electron chi connectivity index (χ1n) is 7.26. The Morgan fingerprint density at radius 1 is 1.32 bits per heavy atom. The smallest absolute Gasteiger partial charge is 0.315 e. The van der Waals surface area contributed by atoms with Gasteiger partial charge < -0.3 is 9.47 Å². The molecule has 0 saturated heterocycles. The quantitative estimate of drug-likeness (QED) is 0.483. The monoisotopic (exact) mass is 299 g/mol. The number of hydrogen-bond donors (Lipinski definition) is 0. The molecule has 0 heterocycles. The third-order valence-corrected chi connectivity index (χ3v) is 4.18. The average molecular weight is 299 g/mol. The largest absolute Gasteiger partial charge is 0.493 e. The molecule has 4 nitrogen and oxygen atoms in total. The first-order chi connectivity index (χ1) is 10.3. The first-order valence-corrected chi connectivity index (χ1v) is 7.26. The van der Waals surface area contributed by atoms with Gasteiger partial charge in [-0.05, 0) is 37.3 Å². The van der Waals surface area contributed by atoms with Gasteiger partial charge in [0.25, 0.3) is 0 Å². The molecular weight excluding hydrogens is 278 g/mol. The zero-order valence-corrected chi connectivity index (χ0v) is 13.6. The highest BCUT2D eigenvalue weighted by atomic mass is 16.6. The van der Waals surface area contributed by atoms with Gasteiger partial charge in [0.05, 0.1) is 24.7 Å². The van der Waals surface area contributed by atoms with E-state index in [9.17, 15) is 4.79 Å². The molecule has 0 aliphatic heterocycles. The van der Waals surface area contributed by atoms with E-state index >= 15 is 0 Å². The summed E-state index contributed by atoms with van der Waals surface area (Å²) in [6.07, 6.45) is 2.13. The summed E-state index contributed by atoms with van der Waals surface area (Å²) < 4.78 is 10.7. The lowest BCUT2D eigenvalue weighted by Gasteiger charge is -2.09. The lowest BCUT2D eigenvalue weighted by Crippen LogP contribution is -2.14. The summed E-state index contributed by atoms with van der Waals surface area (Å²) in [4.78, 5) is 12.4. The van der Waals surface area contributed by atoms with E-state index in [-0.39, 0.29) is 23.2 Å². The molecule has 0 spiro atoms. The first kappa shape index (κ1) is 16.1. The minimum atomic E-state index is -0.254. The number of benzene rings is 1. The van der Waals surface area contributed by atoms with Crippen LogP contribution in [0.15, 0.2) is 29.8 Å². The maximum Gasteiger partial charge on any atom is 0.315 e. The van der Waals surface area contributed by atoms with Crippen molar-refractivity contribution in [1.82, 2.24) is 0 Å². The van der Waals surface area contributed by atoms with Crippen LogP contribution in [0.3, 0.4) is 0 Å². The molecule has 0 bridgehead atoms. The average Bonchev–Trinajstić information content (AvgIpc) is 2.99. The maximum absolute atomic E-state index is 12.4. The summed E-state index contributed by atoms with van der Waals surface area (Å²) in [5.41, 5.74) is 1.57. The topological polar surface area (TPSA) is 59.3 Å². The molecule has 0 N–H and O–H groups in total. The number of rotatable bonds is 4. The number of ether oxygens (including phenoxy) is 2. The molecule has 1 aliphatic rings. The fourth-order valence-electron chi connectivity index (χ4n) is 2.79. The summed E-state index contributed by atoms with van der Waals surface area (Å²) >= 11 is 0. The van der Waals surface area contributed by atoms with Crippen molar-refractivity contribution in [2.24, 2.45) is 17.3 Å². The third kappa shape index (κ3) is 2.99. The van der Waals surface area contributed by atoms with E-state index in [2.05, 4.69) is 19.9 Å². The van der Waals surface area contributed by atoms with Gasteiger partial charge in [-0.1, -0.05) is 25.5 Å². The standard InChI is InChI=1S/C18H21NO3/c1-11(2)8-13-16(18(13,3)4)17(20)22-14-7-6-12(10-19)9-15(14)21-5/h6-9,13,16H,1-5H3. The molecule has 2 unspecified atom stereocenters. The normalized spacial score (nSPS) is 21.5. The highest BCUT2D eigenvalue weighted by molar-refractivity contribution is 5.81. The second-order valence-electron chi connectivity index (χ2n) is 6.47. The molecule has 1 aromatic rings. The molecule has 0 aromatic heterocycles. The number of carbonyl (C=O) groups excluding carboxylic acids is 1. The second-order valence-corrected chi connectivity index (χ2v) is 6.47. The van der Waals surface area contributed by atoms with Crippen LogP contribution in [0.25, 0.3) is 0 Å². The van der Waals surface area contributed by atoms with Crippen molar-refractivity contribution >= 4 is 5.97 Å². The van der Waals surface area contributed by atoms with Crippen LogP contribution in [-0.4, -0.2) is 13.1 Å². The molecular formula is C18H21NO3. The summed E-state index contributed by atoms with van der Waals surface area (Å²) in [6, 6.07) is 6.80. The van der Waals surface area contributed by atoms with Crippen molar-refractivity contribution in [1.29, 1.82) is 5.26 Å². The molecule has 1 aliphatic carbocycles. The van der Waals surface area contributed by atoms with Gasteiger partial charge in [-0.25, -0.2) is 0 Å². The lowest BCUT2D eigenvalue weighted by atomic mass is 10.1. The second kappa shape index (κ2) is 5.84. The fraction of sp³-hybridized carbons (Fsp3) is 0.444. The van der Waals surface area contributed by atoms with Gasteiger partial charge in [0.15, 0.2) is 11.5 Å².